The third-order valence-electron chi connectivity index (χ3n) is 4.29. The van der Waals surface area contributed by atoms with E-state index in [1.165, 1.54) is 6.92 Å². The molecule has 1 aliphatic heterocycles. The summed E-state index contributed by atoms with van der Waals surface area (Å²) in [7, 11) is 0. The quantitative estimate of drug-likeness (QED) is 0.905. The van der Waals surface area contributed by atoms with Crippen LogP contribution in [0.1, 0.15) is 18.1 Å². The Kier molecular flexibility index (Phi) is 4.15. The number of carbonyl (C=O) groups excluding carboxylic acids is 1. The number of hydrazone groups is 1. The lowest BCUT2D eigenvalue weighted by Gasteiger charge is -2.33. The normalized spacial score (nSPS) is 22.8. The average molecular weight is 330 g/mol. The van der Waals surface area contributed by atoms with Crippen LogP contribution in [0.15, 0.2) is 53.6 Å². The highest BCUT2D eigenvalue weighted by Crippen LogP contribution is 2.37. The van der Waals surface area contributed by atoms with Crippen LogP contribution in [0.3, 0.4) is 0 Å². The predicted molar refractivity (Wildman–Crippen MR) is 85.4 cm³/mol. The Balaban J connectivity index is 2.14. The van der Waals surface area contributed by atoms with Gasteiger partial charge in [-0.1, -0.05) is 30.3 Å². The van der Waals surface area contributed by atoms with Gasteiger partial charge in [-0.25, -0.2) is 8.78 Å². The van der Waals surface area contributed by atoms with Gasteiger partial charge < -0.3 is 5.11 Å². The van der Waals surface area contributed by atoms with E-state index in [4.69, 9.17) is 0 Å². The molecule has 1 unspecified atom stereocenters. The third-order valence-corrected chi connectivity index (χ3v) is 4.29. The summed E-state index contributed by atoms with van der Waals surface area (Å²) in [5.74, 6) is -2.55. The van der Waals surface area contributed by atoms with Gasteiger partial charge in [0.05, 0.1) is 18.2 Å². The molecule has 0 aliphatic carbocycles. The summed E-state index contributed by atoms with van der Waals surface area (Å²) in [4.78, 5) is 12.3. The molecule has 2 aromatic rings. The van der Waals surface area contributed by atoms with E-state index in [0.29, 0.717) is 5.56 Å². The molecule has 6 heteroatoms. The molecule has 1 aliphatic rings. The van der Waals surface area contributed by atoms with Crippen molar-refractivity contribution >= 4 is 11.5 Å². The molecule has 0 fully saturated rings. The molecule has 24 heavy (non-hydrogen) atoms. The number of Topliss-reactive ketones (excluding diaryl/α,β-unsaturated/α-hetero) is 1. The van der Waals surface area contributed by atoms with Gasteiger partial charge in [-0.3, -0.25) is 10.2 Å². The number of rotatable bonds is 4. The minimum Gasteiger partial charge on any atom is -0.393 e. The lowest BCUT2D eigenvalue weighted by Crippen LogP contribution is -2.49. The van der Waals surface area contributed by atoms with Crippen LogP contribution in [0.25, 0.3) is 0 Å². The number of hydrogen-bond donors (Lipinski definition) is 2. The van der Waals surface area contributed by atoms with Crippen LogP contribution in [0, 0.1) is 17.6 Å². The summed E-state index contributed by atoms with van der Waals surface area (Å²) in [5.41, 5.74) is 2.22. The number of aliphatic hydroxyl groups is 1. The molecule has 2 atom stereocenters. The second-order valence-corrected chi connectivity index (χ2v) is 5.77. The lowest BCUT2D eigenvalue weighted by atomic mass is 9.74. The topological polar surface area (TPSA) is 61.7 Å². The van der Waals surface area contributed by atoms with Crippen LogP contribution in [-0.4, -0.2) is 23.2 Å². The standard InChI is InChI=1S/C18H16F2N2O2/c1-11(24)16-17(14-9-13(19)7-8-15(14)20)21-22-18(16,10-23)12-5-3-2-4-6-12/h2-9,16,22-23H,10H2,1H3/t16?,18-/m1/s1. The van der Waals surface area contributed by atoms with Crippen LogP contribution in [-0.2, 0) is 10.3 Å². The Morgan fingerprint density at radius 3 is 2.58 bits per heavy atom. The van der Waals surface area contributed by atoms with Crippen molar-refractivity contribution in [1.82, 2.24) is 5.43 Å². The highest BCUT2D eigenvalue weighted by atomic mass is 19.1. The molecular weight excluding hydrogens is 314 g/mol. The monoisotopic (exact) mass is 330 g/mol. The van der Waals surface area contributed by atoms with Crippen molar-refractivity contribution in [2.75, 3.05) is 6.61 Å². The zero-order valence-electron chi connectivity index (χ0n) is 13.0. The first-order valence-electron chi connectivity index (χ1n) is 7.46. The Morgan fingerprint density at radius 1 is 1.25 bits per heavy atom. The smallest absolute Gasteiger partial charge is 0.141 e. The van der Waals surface area contributed by atoms with Crippen molar-refractivity contribution in [2.24, 2.45) is 11.0 Å². The van der Waals surface area contributed by atoms with Gasteiger partial charge in [-0.2, -0.15) is 5.10 Å². The predicted octanol–water partition coefficient (Wildman–Crippen LogP) is 2.37. The van der Waals surface area contributed by atoms with Crippen LogP contribution >= 0.6 is 0 Å². The third kappa shape index (κ3) is 2.49. The van der Waals surface area contributed by atoms with Gasteiger partial charge in [-0.05, 0) is 30.7 Å². The molecule has 3 rings (SSSR count). The van der Waals surface area contributed by atoms with Crippen LogP contribution in [0.2, 0.25) is 0 Å². The van der Waals surface area contributed by atoms with E-state index in [1.54, 1.807) is 30.3 Å². The molecule has 2 aromatic carbocycles. The number of nitrogens with one attached hydrogen (secondary N) is 1. The molecule has 0 amide bonds. The first-order chi connectivity index (χ1) is 11.5. The number of ketones is 1. The van der Waals surface area contributed by atoms with Gasteiger partial charge in [0, 0.05) is 5.56 Å². The van der Waals surface area contributed by atoms with Gasteiger partial charge in [0.1, 0.15) is 23.0 Å². The van der Waals surface area contributed by atoms with Crippen molar-refractivity contribution in [3.05, 3.63) is 71.3 Å². The number of nitrogens with zero attached hydrogens (tertiary/aromatic N) is 1. The Hall–Kier alpha value is -2.60. The van der Waals surface area contributed by atoms with Crippen molar-refractivity contribution in [2.45, 2.75) is 12.5 Å². The maximum absolute atomic E-state index is 14.2. The Labute approximate surface area is 137 Å². The fraction of sp³-hybridized carbons (Fsp3) is 0.222. The number of aliphatic hydroxyl groups excluding tert-OH is 1. The highest BCUT2D eigenvalue weighted by Gasteiger charge is 2.50. The van der Waals surface area contributed by atoms with E-state index in [2.05, 4.69) is 10.5 Å². The van der Waals surface area contributed by atoms with Crippen LogP contribution in [0.5, 0.6) is 0 Å². The summed E-state index contributed by atoms with van der Waals surface area (Å²) < 4.78 is 27.7. The molecule has 1 heterocycles. The molecule has 0 saturated heterocycles. The summed E-state index contributed by atoms with van der Waals surface area (Å²) in [6.07, 6.45) is 0. The van der Waals surface area contributed by atoms with Gasteiger partial charge in [0.15, 0.2) is 0 Å². The highest BCUT2D eigenvalue weighted by molar-refractivity contribution is 6.15. The van der Waals surface area contributed by atoms with E-state index in [9.17, 15) is 18.7 Å². The maximum atomic E-state index is 14.2. The van der Waals surface area contributed by atoms with Gasteiger partial charge in [0.25, 0.3) is 0 Å². The second kappa shape index (κ2) is 6.13. The number of halogens is 2. The summed E-state index contributed by atoms with van der Waals surface area (Å²) >= 11 is 0. The van der Waals surface area contributed by atoms with Gasteiger partial charge in [-0.15, -0.1) is 0 Å². The minimum absolute atomic E-state index is 0.0809. The van der Waals surface area contributed by atoms with E-state index >= 15 is 0 Å². The fourth-order valence-corrected chi connectivity index (χ4v) is 3.16. The van der Waals surface area contributed by atoms with Crippen molar-refractivity contribution in [3.63, 3.8) is 0 Å². The number of hydrogen-bond acceptors (Lipinski definition) is 4. The van der Waals surface area contributed by atoms with Crippen molar-refractivity contribution < 1.29 is 18.7 Å². The molecule has 0 saturated carbocycles. The van der Waals surface area contributed by atoms with E-state index in [1.807, 2.05) is 0 Å². The molecule has 0 radical (unpaired) electrons. The molecule has 2 N–H and O–H groups in total. The lowest BCUT2D eigenvalue weighted by molar-refractivity contribution is -0.121. The molecule has 4 nitrogen and oxygen atoms in total. The van der Waals surface area contributed by atoms with E-state index in [0.717, 1.165) is 18.2 Å². The van der Waals surface area contributed by atoms with E-state index in [-0.39, 0.29) is 17.1 Å². The van der Waals surface area contributed by atoms with Crippen molar-refractivity contribution in [3.8, 4) is 0 Å². The van der Waals surface area contributed by atoms with Gasteiger partial charge in [0.2, 0.25) is 0 Å². The molecule has 0 aromatic heterocycles. The molecular formula is C18H16F2N2O2. The molecule has 124 valence electrons. The fourth-order valence-electron chi connectivity index (χ4n) is 3.16. The largest absolute Gasteiger partial charge is 0.393 e. The van der Waals surface area contributed by atoms with Crippen LogP contribution in [0.4, 0.5) is 8.78 Å². The zero-order valence-corrected chi connectivity index (χ0v) is 13.0. The molecule has 0 spiro atoms. The number of benzene rings is 2. The average Bonchev–Trinajstić information content (AvgIpc) is 2.98. The Bertz CT molecular complexity index is 808. The summed E-state index contributed by atoms with van der Waals surface area (Å²) in [5, 5.41) is 14.1. The first kappa shape index (κ1) is 16.3. The molecule has 0 bridgehead atoms. The number of carbonyl (C=O) groups is 1. The van der Waals surface area contributed by atoms with Crippen LogP contribution < -0.4 is 5.43 Å². The van der Waals surface area contributed by atoms with Crippen molar-refractivity contribution in [1.29, 1.82) is 0 Å². The zero-order chi connectivity index (χ0) is 17.3. The minimum atomic E-state index is -1.21. The summed E-state index contributed by atoms with van der Waals surface area (Å²) in [6.45, 7) is 0.920. The van der Waals surface area contributed by atoms with Gasteiger partial charge >= 0.3 is 0 Å². The first-order valence-corrected chi connectivity index (χ1v) is 7.46. The second-order valence-electron chi connectivity index (χ2n) is 5.77. The summed E-state index contributed by atoms with van der Waals surface area (Å²) in [6, 6.07) is 11.8. The Morgan fingerprint density at radius 2 is 1.96 bits per heavy atom. The van der Waals surface area contributed by atoms with E-state index < -0.39 is 29.7 Å². The SMILES string of the molecule is CC(=O)C1C(c2cc(F)ccc2F)=NN[C@]1(CO)c1ccccc1. The maximum Gasteiger partial charge on any atom is 0.141 e.